The Morgan fingerprint density at radius 3 is 2.72 bits per heavy atom. The molecule has 18 heavy (non-hydrogen) atoms. The van der Waals surface area contributed by atoms with Crippen molar-refractivity contribution >= 4 is 31.8 Å². The van der Waals surface area contributed by atoms with Crippen LogP contribution < -0.4 is 4.72 Å². The Hall–Kier alpha value is -1.08. The third kappa shape index (κ3) is 2.24. The van der Waals surface area contributed by atoms with Crippen molar-refractivity contribution in [3.63, 3.8) is 0 Å². The Kier molecular flexibility index (Phi) is 3.37. The molecule has 1 aromatic rings. The minimum absolute atomic E-state index is 0.108. The first-order chi connectivity index (χ1) is 8.36. The van der Waals surface area contributed by atoms with Crippen LogP contribution in [0.2, 0.25) is 0 Å². The molecule has 0 aliphatic heterocycles. The quantitative estimate of drug-likeness (QED) is 0.923. The molecule has 0 saturated heterocycles. The molecule has 1 aromatic heterocycles. The van der Waals surface area contributed by atoms with Crippen LogP contribution in [0.3, 0.4) is 0 Å². The van der Waals surface area contributed by atoms with E-state index in [1.165, 1.54) is 0 Å². The van der Waals surface area contributed by atoms with E-state index >= 15 is 0 Å². The summed E-state index contributed by atoms with van der Waals surface area (Å²) in [4.78, 5) is 0. The van der Waals surface area contributed by atoms with Crippen molar-refractivity contribution < 1.29 is 12.9 Å². The molecule has 1 aliphatic rings. The van der Waals surface area contributed by atoms with E-state index < -0.39 is 14.8 Å². The number of aromatic nitrogens is 1. The predicted molar refractivity (Wildman–Crippen MR) is 72.8 cm³/mol. The highest BCUT2D eigenvalue weighted by Gasteiger charge is 2.37. The maximum absolute atomic E-state index is 12.3. The van der Waals surface area contributed by atoms with E-state index in [1.807, 2.05) is 12.2 Å². The molecule has 0 amide bonds. The van der Waals surface area contributed by atoms with E-state index in [4.69, 9.17) is 4.52 Å². The van der Waals surface area contributed by atoms with E-state index in [2.05, 4.69) is 25.8 Å². The Morgan fingerprint density at radius 2 is 2.22 bits per heavy atom. The van der Waals surface area contributed by atoms with Gasteiger partial charge in [0, 0.05) is 0 Å². The number of rotatable bonds is 3. The third-order valence-corrected chi connectivity index (χ3v) is 5.77. The van der Waals surface area contributed by atoms with Gasteiger partial charge in [-0.05, 0) is 36.2 Å². The van der Waals surface area contributed by atoms with Crippen molar-refractivity contribution in [3.8, 4) is 0 Å². The zero-order valence-electron chi connectivity index (χ0n) is 9.97. The molecule has 7 heteroatoms. The molecule has 1 atom stereocenters. The summed E-state index contributed by atoms with van der Waals surface area (Å²) < 4.78 is 31.6. The van der Waals surface area contributed by atoms with Gasteiger partial charge in [0.25, 0.3) is 5.88 Å². The van der Waals surface area contributed by atoms with Gasteiger partial charge in [-0.2, -0.15) is 0 Å². The number of hydrogen-bond acceptors (Lipinski definition) is 4. The summed E-state index contributed by atoms with van der Waals surface area (Å²) in [6.07, 6.45) is 7.45. The van der Waals surface area contributed by atoms with E-state index in [-0.39, 0.29) is 5.88 Å². The number of allylic oxidation sites excluding steroid dienone is 3. The first-order valence-electron chi connectivity index (χ1n) is 5.34. The number of nitrogens with zero attached hydrogens (tertiary/aromatic N) is 1. The summed E-state index contributed by atoms with van der Waals surface area (Å²) in [6.45, 7) is 3.38. The minimum atomic E-state index is -3.60. The number of nitrogens with one attached hydrogen (secondary N) is 1. The van der Waals surface area contributed by atoms with Crippen LogP contribution in [-0.2, 0) is 10.0 Å². The Bertz CT molecular complexity index is 618. The maximum Gasteiger partial charge on any atom is 0.252 e. The van der Waals surface area contributed by atoms with Crippen molar-refractivity contribution in [1.29, 1.82) is 0 Å². The van der Waals surface area contributed by atoms with Crippen molar-refractivity contribution in [2.24, 2.45) is 0 Å². The van der Waals surface area contributed by atoms with Crippen molar-refractivity contribution in [3.05, 3.63) is 34.5 Å². The second-order valence-corrected chi connectivity index (χ2v) is 7.26. The molecule has 5 nitrogen and oxygen atoms in total. The van der Waals surface area contributed by atoms with Crippen molar-refractivity contribution in [1.82, 2.24) is 5.16 Å². The standard InChI is InChI=1S/C11H13BrN2O3S/c1-8-9(12)10(17-13-8)14-18(15,16)11(2)6-4-3-5-7-11/h3-6,14H,7H2,1-2H3. The topological polar surface area (TPSA) is 72.2 Å². The molecule has 0 aromatic carbocycles. The van der Waals surface area contributed by atoms with Crippen LogP contribution >= 0.6 is 15.9 Å². The van der Waals surface area contributed by atoms with Gasteiger partial charge in [0.05, 0.1) is 5.69 Å². The van der Waals surface area contributed by atoms with Gasteiger partial charge in [0.15, 0.2) is 0 Å². The minimum Gasteiger partial charge on any atom is -0.336 e. The molecule has 1 unspecified atom stereocenters. The number of sulfonamides is 1. The molecule has 0 bridgehead atoms. The number of anilines is 1. The fraction of sp³-hybridized carbons (Fsp3) is 0.364. The summed E-state index contributed by atoms with van der Waals surface area (Å²) in [5.41, 5.74) is 0.594. The molecular weight excluding hydrogens is 320 g/mol. The third-order valence-electron chi connectivity index (χ3n) is 2.85. The van der Waals surface area contributed by atoms with Crippen molar-refractivity contribution in [2.75, 3.05) is 4.72 Å². The maximum atomic E-state index is 12.3. The highest BCUT2D eigenvalue weighted by Crippen LogP contribution is 2.32. The van der Waals surface area contributed by atoms with Gasteiger partial charge in [-0.1, -0.05) is 29.5 Å². The molecule has 98 valence electrons. The molecule has 0 saturated carbocycles. The molecule has 1 aliphatic carbocycles. The van der Waals surface area contributed by atoms with Crippen LogP contribution in [0.25, 0.3) is 0 Å². The fourth-order valence-electron chi connectivity index (χ4n) is 1.57. The molecular formula is C11H13BrN2O3S. The largest absolute Gasteiger partial charge is 0.336 e. The van der Waals surface area contributed by atoms with Crippen LogP contribution in [0, 0.1) is 6.92 Å². The summed E-state index contributed by atoms with van der Waals surface area (Å²) in [6, 6.07) is 0. The monoisotopic (exact) mass is 332 g/mol. The van der Waals surface area contributed by atoms with Gasteiger partial charge < -0.3 is 4.52 Å². The average Bonchev–Trinajstić information content (AvgIpc) is 2.61. The summed E-state index contributed by atoms with van der Waals surface area (Å²) in [5, 5.41) is 3.69. The first-order valence-corrected chi connectivity index (χ1v) is 7.62. The van der Waals surface area contributed by atoms with E-state index in [0.717, 1.165) is 0 Å². The lowest BCUT2D eigenvalue weighted by atomic mass is 10.0. The molecule has 0 spiro atoms. The van der Waals surface area contributed by atoms with Crippen LogP contribution in [0.1, 0.15) is 19.0 Å². The summed E-state index contributed by atoms with van der Waals surface area (Å²) >= 11 is 3.23. The lowest BCUT2D eigenvalue weighted by molar-refractivity contribution is 0.429. The second kappa shape index (κ2) is 4.55. The lowest BCUT2D eigenvalue weighted by Gasteiger charge is -2.26. The molecule has 2 rings (SSSR count). The van der Waals surface area contributed by atoms with Crippen LogP contribution in [-0.4, -0.2) is 18.3 Å². The number of hydrogen-bond donors (Lipinski definition) is 1. The SMILES string of the molecule is Cc1noc(NS(=O)(=O)C2(C)C=CC=CC2)c1Br. The average molecular weight is 333 g/mol. The smallest absolute Gasteiger partial charge is 0.252 e. The van der Waals surface area contributed by atoms with E-state index in [1.54, 1.807) is 26.0 Å². The van der Waals surface area contributed by atoms with Crippen molar-refractivity contribution in [2.45, 2.75) is 25.0 Å². The fourth-order valence-corrected chi connectivity index (χ4v) is 3.13. The van der Waals surface area contributed by atoms with Crippen LogP contribution in [0.5, 0.6) is 0 Å². The van der Waals surface area contributed by atoms with Gasteiger partial charge in [-0.15, -0.1) is 0 Å². The Balaban J connectivity index is 2.30. The number of aryl methyl sites for hydroxylation is 1. The Morgan fingerprint density at radius 1 is 1.50 bits per heavy atom. The van der Waals surface area contributed by atoms with Gasteiger partial charge in [-0.3, -0.25) is 0 Å². The van der Waals surface area contributed by atoms with E-state index in [0.29, 0.717) is 16.6 Å². The highest BCUT2D eigenvalue weighted by atomic mass is 79.9. The number of halogens is 1. The molecule has 1 heterocycles. The van der Waals surface area contributed by atoms with Gasteiger partial charge >= 0.3 is 0 Å². The zero-order chi connectivity index (χ0) is 13.4. The van der Waals surface area contributed by atoms with Gasteiger partial charge in [0.1, 0.15) is 9.22 Å². The molecule has 0 fully saturated rings. The van der Waals surface area contributed by atoms with E-state index in [9.17, 15) is 8.42 Å². The lowest BCUT2D eigenvalue weighted by Crippen LogP contribution is -2.38. The van der Waals surface area contributed by atoms with Gasteiger partial charge in [-0.25, -0.2) is 13.1 Å². The van der Waals surface area contributed by atoms with Gasteiger partial charge in [0.2, 0.25) is 10.0 Å². The van der Waals surface area contributed by atoms with Crippen LogP contribution in [0.15, 0.2) is 33.3 Å². The second-order valence-electron chi connectivity index (χ2n) is 4.32. The normalized spacial score (nSPS) is 23.3. The van der Waals surface area contributed by atoms with Crippen LogP contribution in [0.4, 0.5) is 5.88 Å². The molecule has 1 N–H and O–H groups in total. The highest BCUT2D eigenvalue weighted by molar-refractivity contribution is 9.10. The first kappa shape index (κ1) is 13.4. The predicted octanol–water partition coefficient (Wildman–Crippen LogP) is 2.76. The molecule has 0 radical (unpaired) electrons. The Labute approximate surface area is 114 Å². The summed E-state index contributed by atoms with van der Waals surface area (Å²) in [5.74, 6) is 0.108. The zero-order valence-corrected chi connectivity index (χ0v) is 12.4. The summed E-state index contributed by atoms with van der Waals surface area (Å²) in [7, 11) is -3.60.